The van der Waals surface area contributed by atoms with Crippen LogP contribution in [0.5, 0.6) is 0 Å². The molecule has 3 nitrogen and oxygen atoms in total. The van der Waals surface area contributed by atoms with Gasteiger partial charge in [0.1, 0.15) is 5.92 Å². The lowest BCUT2D eigenvalue weighted by molar-refractivity contribution is -0.242. The van der Waals surface area contributed by atoms with Gasteiger partial charge in [-0.05, 0) is 12.5 Å². The minimum Gasteiger partial charge on any atom is -0.434 e. The smallest absolute Gasteiger partial charge is 0.317 e. The predicted octanol–water partition coefficient (Wildman–Crippen LogP) is 1.72. The second-order valence-electron chi connectivity index (χ2n) is 3.39. The Balaban J connectivity index is 1.81. The first kappa shape index (κ1) is 9.21. The first-order chi connectivity index (χ1) is 6.77. The zero-order valence-electron chi connectivity index (χ0n) is 7.97. The molecule has 14 heavy (non-hydrogen) atoms. The normalized spacial score (nSPS) is 25.4. The summed E-state index contributed by atoms with van der Waals surface area (Å²) < 4.78 is 10.2. The second kappa shape index (κ2) is 3.80. The number of carbonyl (C=O) groups excluding carboxylic acids is 1. The van der Waals surface area contributed by atoms with Gasteiger partial charge in [-0.15, -0.1) is 0 Å². The zero-order chi connectivity index (χ0) is 9.97. The third-order valence-electron chi connectivity index (χ3n) is 2.27. The molecule has 0 amide bonds. The maximum Gasteiger partial charge on any atom is 0.317 e. The number of benzene rings is 1. The molecule has 2 atom stereocenters. The Morgan fingerprint density at radius 2 is 2.07 bits per heavy atom. The largest absolute Gasteiger partial charge is 0.434 e. The highest BCUT2D eigenvalue weighted by atomic mass is 16.7. The van der Waals surface area contributed by atoms with E-state index in [4.69, 9.17) is 9.47 Å². The Labute approximate surface area is 82.6 Å². The summed E-state index contributed by atoms with van der Waals surface area (Å²) in [5.74, 6) is -0.304. The summed E-state index contributed by atoms with van der Waals surface area (Å²) in [6.45, 7) is 2.30. The van der Waals surface area contributed by atoms with Gasteiger partial charge in [-0.3, -0.25) is 4.79 Å². The molecule has 0 N–H and O–H groups in total. The molecule has 1 aromatic rings. The third kappa shape index (κ3) is 1.77. The number of carbonyl (C=O) groups is 1. The van der Waals surface area contributed by atoms with Gasteiger partial charge in [0.05, 0.1) is 6.61 Å². The van der Waals surface area contributed by atoms with Crippen molar-refractivity contribution in [2.45, 2.75) is 19.8 Å². The Bertz CT molecular complexity index is 321. The number of hydrogen-bond donors (Lipinski definition) is 0. The van der Waals surface area contributed by atoms with Gasteiger partial charge in [0.15, 0.2) is 0 Å². The molecule has 0 aliphatic carbocycles. The second-order valence-corrected chi connectivity index (χ2v) is 3.39. The number of ether oxygens (including phenoxy) is 2. The quantitative estimate of drug-likeness (QED) is 0.684. The fourth-order valence-corrected chi connectivity index (χ4v) is 1.29. The number of rotatable bonds is 3. The molecule has 1 saturated heterocycles. The molecule has 1 fully saturated rings. The lowest BCUT2D eigenvalue weighted by atomic mass is 10.1. The molecular formula is C11H12O3. The van der Waals surface area contributed by atoms with Crippen molar-refractivity contribution in [3.8, 4) is 0 Å². The number of cyclic esters (lactones) is 1. The minimum atomic E-state index is -0.359. The summed E-state index contributed by atoms with van der Waals surface area (Å²) >= 11 is 0. The highest BCUT2D eigenvalue weighted by Gasteiger charge is 2.39. The van der Waals surface area contributed by atoms with E-state index >= 15 is 0 Å². The third-order valence-corrected chi connectivity index (χ3v) is 2.27. The van der Waals surface area contributed by atoms with Crippen molar-refractivity contribution in [3.63, 3.8) is 0 Å². The maximum atomic E-state index is 10.7. The van der Waals surface area contributed by atoms with E-state index in [0.717, 1.165) is 5.56 Å². The van der Waals surface area contributed by atoms with Crippen molar-refractivity contribution in [1.82, 2.24) is 0 Å². The molecule has 0 unspecified atom stereocenters. The summed E-state index contributed by atoms with van der Waals surface area (Å²) in [7, 11) is 0. The van der Waals surface area contributed by atoms with Gasteiger partial charge >= 0.3 is 5.97 Å². The molecule has 1 heterocycles. The summed E-state index contributed by atoms with van der Waals surface area (Å²) in [5.41, 5.74) is 1.09. The summed E-state index contributed by atoms with van der Waals surface area (Å²) in [6.07, 6.45) is -0.359. The molecule has 1 aliphatic rings. The molecule has 0 spiro atoms. The highest BCUT2D eigenvalue weighted by molar-refractivity contribution is 5.77. The standard InChI is InChI=1S/C11H12O3/c1-8-10(12)14-11(8)13-7-9-5-3-2-4-6-9/h2-6,8,11H,7H2,1H3/t8-,11+/m1/s1. The molecule has 3 heteroatoms. The minimum absolute atomic E-state index is 0.126. The fourth-order valence-electron chi connectivity index (χ4n) is 1.29. The number of esters is 1. The van der Waals surface area contributed by atoms with Crippen molar-refractivity contribution in [2.24, 2.45) is 5.92 Å². The molecule has 74 valence electrons. The maximum absolute atomic E-state index is 10.7. The zero-order valence-corrected chi connectivity index (χ0v) is 7.97. The predicted molar refractivity (Wildman–Crippen MR) is 50.3 cm³/mol. The Kier molecular flexibility index (Phi) is 2.50. The van der Waals surface area contributed by atoms with Crippen molar-refractivity contribution in [2.75, 3.05) is 0 Å². The van der Waals surface area contributed by atoms with Gasteiger partial charge in [0.2, 0.25) is 6.29 Å². The first-order valence-electron chi connectivity index (χ1n) is 4.63. The van der Waals surface area contributed by atoms with E-state index < -0.39 is 0 Å². The molecular weight excluding hydrogens is 180 g/mol. The summed E-state index contributed by atoms with van der Waals surface area (Å²) in [5, 5.41) is 0. The van der Waals surface area contributed by atoms with E-state index in [9.17, 15) is 4.79 Å². The average molecular weight is 192 g/mol. The van der Waals surface area contributed by atoms with E-state index in [-0.39, 0.29) is 18.2 Å². The van der Waals surface area contributed by atoms with Crippen molar-refractivity contribution in [3.05, 3.63) is 35.9 Å². The molecule has 0 bridgehead atoms. The first-order valence-corrected chi connectivity index (χ1v) is 4.63. The summed E-state index contributed by atoms with van der Waals surface area (Å²) in [6, 6.07) is 9.82. The van der Waals surface area contributed by atoms with Crippen LogP contribution in [0.1, 0.15) is 12.5 Å². The van der Waals surface area contributed by atoms with E-state index in [1.165, 1.54) is 0 Å². The van der Waals surface area contributed by atoms with Gasteiger partial charge in [0, 0.05) is 0 Å². The van der Waals surface area contributed by atoms with Crippen LogP contribution in [-0.4, -0.2) is 12.3 Å². The molecule has 1 aliphatic heterocycles. The Morgan fingerprint density at radius 1 is 1.36 bits per heavy atom. The van der Waals surface area contributed by atoms with Crippen LogP contribution in [0.4, 0.5) is 0 Å². The van der Waals surface area contributed by atoms with Crippen molar-refractivity contribution in [1.29, 1.82) is 0 Å². The SMILES string of the molecule is C[C@@H]1C(=O)O[C@@H]1OCc1ccccc1. The summed E-state index contributed by atoms with van der Waals surface area (Å²) in [4.78, 5) is 10.7. The van der Waals surface area contributed by atoms with E-state index in [0.29, 0.717) is 6.61 Å². The molecule has 0 radical (unpaired) electrons. The van der Waals surface area contributed by atoms with Gasteiger partial charge < -0.3 is 9.47 Å². The lowest BCUT2D eigenvalue weighted by Gasteiger charge is -2.31. The molecule has 0 saturated carbocycles. The van der Waals surface area contributed by atoms with Crippen LogP contribution >= 0.6 is 0 Å². The molecule has 1 aromatic carbocycles. The molecule has 0 aromatic heterocycles. The van der Waals surface area contributed by atoms with Crippen LogP contribution in [-0.2, 0) is 20.9 Å². The lowest BCUT2D eigenvalue weighted by Crippen LogP contribution is -2.44. The average Bonchev–Trinajstić information content (AvgIpc) is 2.25. The van der Waals surface area contributed by atoms with E-state index in [1.807, 2.05) is 37.3 Å². The van der Waals surface area contributed by atoms with Crippen LogP contribution in [0.2, 0.25) is 0 Å². The number of hydrogen-bond acceptors (Lipinski definition) is 3. The van der Waals surface area contributed by atoms with E-state index in [2.05, 4.69) is 0 Å². The van der Waals surface area contributed by atoms with Gasteiger partial charge in [-0.1, -0.05) is 30.3 Å². The van der Waals surface area contributed by atoms with Crippen LogP contribution in [0.15, 0.2) is 30.3 Å². The van der Waals surface area contributed by atoms with Gasteiger partial charge in [0.25, 0.3) is 0 Å². The van der Waals surface area contributed by atoms with Gasteiger partial charge in [-0.25, -0.2) is 0 Å². The van der Waals surface area contributed by atoms with Crippen molar-refractivity contribution < 1.29 is 14.3 Å². The topological polar surface area (TPSA) is 35.5 Å². The Hall–Kier alpha value is -1.35. The van der Waals surface area contributed by atoms with Crippen LogP contribution in [0.25, 0.3) is 0 Å². The van der Waals surface area contributed by atoms with Gasteiger partial charge in [-0.2, -0.15) is 0 Å². The fraction of sp³-hybridized carbons (Fsp3) is 0.364. The molecule has 2 rings (SSSR count). The highest BCUT2D eigenvalue weighted by Crippen LogP contribution is 2.23. The van der Waals surface area contributed by atoms with E-state index in [1.54, 1.807) is 0 Å². The van der Waals surface area contributed by atoms with Crippen LogP contribution < -0.4 is 0 Å². The van der Waals surface area contributed by atoms with Crippen LogP contribution in [0.3, 0.4) is 0 Å². The monoisotopic (exact) mass is 192 g/mol. The van der Waals surface area contributed by atoms with Crippen LogP contribution in [0, 0.1) is 5.92 Å². The Morgan fingerprint density at radius 3 is 2.64 bits per heavy atom. The van der Waals surface area contributed by atoms with Crippen molar-refractivity contribution >= 4 is 5.97 Å².